The quantitative estimate of drug-likeness (QED) is 0.928. The molecule has 1 aromatic rings. The lowest BCUT2D eigenvalue weighted by Crippen LogP contribution is -2.48. The minimum absolute atomic E-state index is 0.0272. The van der Waals surface area contributed by atoms with Gasteiger partial charge >= 0.3 is 0 Å². The first-order valence-electron chi connectivity index (χ1n) is 7.61. The number of carbonyl (C=O) groups is 1. The highest BCUT2D eigenvalue weighted by Gasteiger charge is 2.38. The number of rotatable bonds is 4. The Kier molecular flexibility index (Phi) is 4.57. The molecule has 1 saturated heterocycles. The number of benzene rings is 1. The summed E-state index contributed by atoms with van der Waals surface area (Å²) >= 11 is 0. The summed E-state index contributed by atoms with van der Waals surface area (Å²) in [5.41, 5.74) is 0.772. The average molecular weight is 291 g/mol. The van der Waals surface area contributed by atoms with Crippen molar-refractivity contribution in [2.45, 2.75) is 52.2 Å². The fourth-order valence-corrected chi connectivity index (χ4v) is 2.95. The van der Waals surface area contributed by atoms with E-state index in [-0.39, 0.29) is 11.9 Å². The first-order chi connectivity index (χ1) is 9.84. The summed E-state index contributed by atoms with van der Waals surface area (Å²) in [7, 11) is 0. The molecule has 0 radical (unpaired) electrons. The molecule has 1 heterocycles. The summed E-state index contributed by atoms with van der Waals surface area (Å²) in [6.45, 7) is 8.71. The first kappa shape index (κ1) is 15.8. The lowest BCUT2D eigenvalue weighted by atomic mass is 9.96. The van der Waals surface area contributed by atoms with Crippen molar-refractivity contribution < 1.29 is 14.6 Å². The van der Waals surface area contributed by atoms with Crippen LogP contribution in [-0.2, 0) is 0 Å². The highest BCUT2D eigenvalue weighted by atomic mass is 16.5. The number of carbonyl (C=O) groups excluding carboxylic acids is 1. The highest BCUT2D eigenvalue weighted by molar-refractivity contribution is 5.95. The molecule has 0 saturated carbocycles. The molecule has 1 unspecified atom stereocenters. The van der Waals surface area contributed by atoms with Gasteiger partial charge in [-0.3, -0.25) is 4.79 Å². The molecule has 2 rings (SSSR count). The number of hydrogen-bond donors (Lipinski definition) is 1. The Morgan fingerprint density at radius 2 is 2.19 bits per heavy atom. The van der Waals surface area contributed by atoms with Gasteiger partial charge in [-0.05, 0) is 58.2 Å². The van der Waals surface area contributed by atoms with Crippen LogP contribution in [0.15, 0.2) is 18.2 Å². The number of nitrogens with zero attached hydrogens (tertiary/aromatic N) is 1. The van der Waals surface area contributed by atoms with E-state index in [4.69, 9.17) is 4.74 Å². The van der Waals surface area contributed by atoms with Crippen LogP contribution in [0.3, 0.4) is 0 Å². The number of aryl methyl sites for hydroxylation is 1. The number of hydrogen-bond acceptors (Lipinski definition) is 3. The van der Waals surface area contributed by atoms with E-state index in [0.717, 1.165) is 24.2 Å². The van der Waals surface area contributed by atoms with Gasteiger partial charge < -0.3 is 14.7 Å². The van der Waals surface area contributed by atoms with E-state index in [9.17, 15) is 9.90 Å². The molecule has 0 aliphatic carbocycles. The molecule has 21 heavy (non-hydrogen) atoms. The van der Waals surface area contributed by atoms with Gasteiger partial charge in [-0.2, -0.15) is 0 Å². The van der Waals surface area contributed by atoms with Crippen molar-refractivity contribution in [1.29, 1.82) is 0 Å². The second-order valence-electron chi connectivity index (χ2n) is 6.22. The van der Waals surface area contributed by atoms with Gasteiger partial charge in [0.2, 0.25) is 0 Å². The van der Waals surface area contributed by atoms with Gasteiger partial charge in [0.05, 0.1) is 18.2 Å². The molecule has 4 nitrogen and oxygen atoms in total. The number of ether oxygens (including phenoxy) is 1. The van der Waals surface area contributed by atoms with Crippen LogP contribution in [0.4, 0.5) is 0 Å². The van der Waals surface area contributed by atoms with E-state index in [1.807, 2.05) is 26.0 Å². The molecule has 1 aliphatic rings. The van der Waals surface area contributed by atoms with Crippen molar-refractivity contribution in [3.05, 3.63) is 29.3 Å². The van der Waals surface area contributed by atoms with Crippen LogP contribution in [0.2, 0.25) is 0 Å². The van der Waals surface area contributed by atoms with E-state index in [1.54, 1.807) is 24.8 Å². The zero-order chi connectivity index (χ0) is 15.6. The van der Waals surface area contributed by atoms with Gasteiger partial charge in [-0.15, -0.1) is 0 Å². The summed E-state index contributed by atoms with van der Waals surface area (Å²) in [5.74, 6) is 0.725. The topological polar surface area (TPSA) is 49.8 Å². The van der Waals surface area contributed by atoms with Crippen LogP contribution in [0, 0.1) is 6.92 Å². The third-order valence-corrected chi connectivity index (χ3v) is 4.06. The SMILES string of the molecule is CCOc1cc(C(=O)N2CCCC2C(C)(C)O)ccc1C. The standard InChI is InChI=1S/C17H25NO3/c1-5-21-14-11-13(9-8-12(14)2)16(19)18-10-6-7-15(18)17(3,4)20/h8-9,11,15,20H,5-7,10H2,1-4H3. The molecule has 0 aromatic heterocycles. The molecule has 1 aromatic carbocycles. The average Bonchev–Trinajstić information content (AvgIpc) is 2.90. The molecule has 1 N–H and O–H groups in total. The van der Waals surface area contributed by atoms with Crippen molar-refractivity contribution in [3.63, 3.8) is 0 Å². The zero-order valence-corrected chi connectivity index (χ0v) is 13.3. The largest absolute Gasteiger partial charge is 0.494 e. The van der Waals surface area contributed by atoms with Crippen LogP contribution < -0.4 is 4.74 Å². The maximum Gasteiger partial charge on any atom is 0.254 e. The molecular weight excluding hydrogens is 266 g/mol. The molecule has 4 heteroatoms. The van der Waals surface area contributed by atoms with Gasteiger partial charge in [0.1, 0.15) is 5.75 Å². The number of amides is 1. The van der Waals surface area contributed by atoms with Crippen LogP contribution in [0.1, 0.15) is 49.5 Å². The zero-order valence-electron chi connectivity index (χ0n) is 13.3. The maximum atomic E-state index is 12.7. The monoisotopic (exact) mass is 291 g/mol. The van der Waals surface area contributed by atoms with E-state index in [1.165, 1.54) is 0 Å². The van der Waals surface area contributed by atoms with E-state index < -0.39 is 5.60 Å². The Hall–Kier alpha value is -1.55. The van der Waals surface area contributed by atoms with Crippen LogP contribution in [-0.4, -0.2) is 40.7 Å². The van der Waals surface area contributed by atoms with Gasteiger partial charge in [-0.1, -0.05) is 6.07 Å². The molecule has 1 amide bonds. The predicted octanol–water partition coefficient (Wildman–Crippen LogP) is 2.77. The molecule has 0 bridgehead atoms. The number of likely N-dealkylation sites (tertiary alicyclic amines) is 1. The molecule has 116 valence electrons. The first-order valence-corrected chi connectivity index (χ1v) is 7.61. The van der Waals surface area contributed by atoms with Gasteiger partial charge in [0.15, 0.2) is 0 Å². The predicted molar refractivity (Wildman–Crippen MR) is 82.7 cm³/mol. The summed E-state index contributed by atoms with van der Waals surface area (Å²) in [4.78, 5) is 14.5. The Balaban J connectivity index is 2.25. The summed E-state index contributed by atoms with van der Waals surface area (Å²) in [5, 5.41) is 10.2. The Morgan fingerprint density at radius 1 is 1.48 bits per heavy atom. The van der Waals surface area contributed by atoms with Crippen LogP contribution in [0.25, 0.3) is 0 Å². The minimum Gasteiger partial charge on any atom is -0.494 e. The normalized spacial score (nSPS) is 18.9. The third-order valence-electron chi connectivity index (χ3n) is 4.06. The Morgan fingerprint density at radius 3 is 2.81 bits per heavy atom. The second-order valence-corrected chi connectivity index (χ2v) is 6.22. The van der Waals surface area contributed by atoms with Crippen molar-refractivity contribution >= 4 is 5.91 Å². The highest BCUT2D eigenvalue weighted by Crippen LogP contribution is 2.29. The molecule has 1 aliphatic heterocycles. The minimum atomic E-state index is -0.875. The van der Waals surface area contributed by atoms with Crippen molar-refractivity contribution in [3.8, 4) is 5.75 Å². The van der Waals surface area contributed by atoms with Gasteiger partial charge in [0.25, 0.3) is 5.91 Å². The third kappa shape index (κ3) is 3.38. The summed E-state index contributed by atoms with van der Waals surface area (Å²) in [6.07, 6.45) is 1.78. The fourth-order valence-electron chi connectivity index (χ4n) is 2.95. The smallest absolute Gasteiger partial charge is 0.254 e. The van der Waals surface area contributed by atoms with Crippen molar-refractivity contribution in [2.24, 2.45) is 0 Å². The number of aliphatic hydroxyl groups is 1. The lowest BCUT2D eigenvalue weighted by molar-refractivity contribution is 0.000326. The Bertz CT molecular complexity index is 519. The van der Waals surface area contributed by atoms with Crippen LogP contribution >= 0.6 is 0 Å². The summed E-state index contributed by atoms with van der Waals surface area (Å²) < 4.78 is 5.56. The Labute approximate surface area is 126 Å². The fraction of sp³-hybridized carbons (Fsp3) is 0.588. The van der Waals surface area contributed by atoms with E-state index >= 15 is 0 Å². The van der Waals surface area contributed by atoms with Gasteiger partial charge in [-0.25, -0.2) is 0 Å². The van der Waals surface area contributed by atoms with E-state index in [2.05, 4.69) is 0 Å². The molecule has 1 fully saturated rings. The van der Waals surface area contributed by atoms with Crippen molar-refractivity contribution in [2.75, 3.05) is 13.2 Å². The summed E-state index contributed by atoms with van der Waals surface area (Å²) in [6, 6.07) is 5.43. The van der Waals surface area contributed by atoms with Gasteiger partial charge in [0, 0.05) is 12.1 Å². The van der Waals surface area contributed by atoms with E-state index in [0.29, 0.717) is 18.7 Å². The molecule has 0 spiro atoms. The molecular formula is C17H25NO3. The van der Waals surface area contributed by atoms with Crippen molar-refractivity contribution in [1.82, 2.24) is 4.90 Å². The molecule has 1 atom stereocenters. The maximum absolute atomic E-state index is 12.7. The lowest BCUT2D eigenvalue weighted by Gasteiger charge is -2.34. The second kappa shape index (κ2) is 6.06. The van der Waals surface area contributed by atoms with Crippen LogP contribution in [0.5, 0.6) is 5.75 Å².